The van der Waals surface area contributed by atoms with Gasteiger partial charge in [0.25, 0.3) is 5.91 Å². The molecule has 0 unspecified atom stereocenters. The van der Waals surface area contributed by atoms with E-state index in [1.54, 1.807) is 24.4 Å². The minimum Gasteiger partial charge on any atom is -0.454 e. The lowest BCUT2D eigenvalue weighted by molar-refractivity contribution is -0.150. The van der Waals surface area contributed by atoms with Crippen molar-refractivity contribution in [2.24, 2.45) is 0 Å². The molecule has 1 fully saturated rings. The first-order valence-corrected chi connectivity index (χ1v) is 11.1. The standard InChI is InChI=1S/C18H21N3O5S2/c1-12-5-7-14(8-6-12)28(24,25)21-9-3-4-15(21)17(23)26-10-16(22)20-18-19-13(2)11-27-18/h5-8,11,15H,3-4,9-10H2,1-2H3,(H,19,20,22)/t15-/m0/s1. The lowest BCUT2D eigenvalue weighted by atomic mass is 10.2. The number of carbonyl (C=O) groups is 2. The van der Waals surface area contributed by atoms with E-state index in [0.717, 1.165) is 15.6 Å². The predicted octanol–water partition coefficient (Wildman–Crippen LogP) is 2.09. The van der Waals surface area contributed by atoms with Crippen LogP contribution in [0.3, 0.4) is 0 Å². The quantitative estimate of drug-likeness (QED) is 0.713. The van der Waals surface area contributed by atoms with Gasteiger partial charge in [-0.1, -0.05) is 17.7 Å². The van der Waals surface area contributed by atoms with E-state index in [1.807, 2.05) is 6.92 Å². The molecule has 1 amide bonds. The summed E-state index contributed by atoms with van der Waals surface area (Å²) >= 11 is 1.27. The highest BCUT2D eigenvalue weighted by Crippen LogP contribution is 2.27. The van der Waals surface area contributed by atoms with Crippen LogP contribution in [0.5, 0.6) is 0 Å². The molecule has 1 aliphatic rings. The number of hydrogen-bond donors (Lipinski definition) is 1. The van der Waals surface area contributed by atoms with Crippen molar-refractivity contribution in [2.75, 3.05) is 18.5 Å². The summed E-state index contributed by atoms with van der Waals surface area (Å²) in [5.74, 6) is -1.24. The van der Waals surface area contributed by atoms with Gasteiger partial charge in [0.05, 0.1) is 10.6 Å². The van der Waals surface area contributed by atoms with Gasteiger partial charge in [-0.3, -0.25) is 14.9 Å². The minimum absolute atomic E-state index is 0.134. The van der Waals surface area contributed by atoms with Crippen molar-refractivity contribution in [3.8, 4) is 0 Å². The lowest BCUT2D eigenvalue weighted by Gasteiger charge is -2.22. The Bertz CT molecular complexity index is 969. The molecule has 150 valence electrons. The molecule has 0 bridgehead atoms. The molecule has 1 atom stereocenters. The van der Waals surface area contributed by atoms with E-state index in [0.29, 0.717) is 18.0 Å². The van der Waals surface area contributed by atoms with Crippen LogP contribution in [0.4, 0.5) is 5.13 Å². The van der Waals surface area contributed by atoms with Crippen LogP contribution in [-0.2, 0) is 24.3 Å². The summed E-state index contributed by atoms with van der Waals surface area (Å²) in [7, 11) is -3.81. The van der Waals surface area contributed by atoms with Crippen molar-refractivity contribution in [1.82, 2.24) is 9.29 Å². The molecule has 10 heteroatoms. The van der Waals surface area contributed by atoms with E-state index in [2.05, 4.69) is 10.3 Å². The number of aryl methyl sites for hydroxylation is 2. The smallest absolute Gasteiger partial charge is 0.324 e. The number of sulfonamides is 1. The molecule has 0 radical (unpaired) electrons. The number of ether oxygens (including phenoxy) is 1. The Morgan fingerprint density at radius 2 is 2.00 bits per heavy atom. The van der Waals surface area contributed by atoms with Gasteiger partial charge < -0.3 is 4.74 Å². The van der Waals surface area contributed by atoms with Crippen LogP contribution in [0.15, 0.2) is 34.5 Å². The normalized spacial score (nSPS) is 17.4. The number of aromatic nitrogens is 1. The fourth-order valence-corrected chi connectivity index (χ4v) is 5.26. The van der Waals surface area contributed by atoms with E-state index in [9.17, 15) is 18.0 Å². The van der Waals surface area contributed by atoms with E-state index < -0.39 is 34.5 Å². The summed E-state index contributed by atoms with van der Waals surface area (Å²) in [6, 6.07) is 5.53. The number of amides is 1. The zero-order chi connectivity index (χ0) is 20.3. The third-order valence-electron chi connectivity index (χ3n) is 4.31. The zero-order valence-electron chi connectivity index (χ0n) is 15.5. The molecule has 0 spiro atoms. The summed E-state index contributed by atoms with van der Waals surface area (Å²) < 4.78 is 32.0. The number of nitrogens with zero attached hydrogens (tertiary/aromatic N) is 2. The van der Waals surface area contributed by atoms with Gasteiger partial charge in [-0.15, -0.1) is 11.3 Å². The molecule has 0 saturated carbocycles. The molecule has 2 heterocycles. The topological polar surface area (TPSA) is 106 Å². The minimum atomic E-state index is -3.81. The van der Waals surface area contributed by atoms with Crippen LogP contribution in [0.25, 0.3) is 0 Å². The fraction of sp³-hybridized carbons (Fsp3) is 0.389. The molecule has 3 rings (SSSR count). The second-order valence-corrected chi connectivity index (χ2v) is 9.29. The molecular formula is C18H21N3O5S2. The monoisotopic (exact) mass is 423 g/mol. The molecule has 1 N–H and O–H groups in total. The van der Waals surface area contributed by atoms with Gasteiger partial charge in [0.15, 0.2) is 11.7 Å². The third-order valence-corrected chi connectivity index (χ3v) is 7.11. The third kappa shape index (κ3) is 4.57. The summed E-state index contributed by atoms with van der Waals surface area (Å²) in [4.78, 5) is 28.6. The van der Waals surface area contributed by atoms with Gasteiger partial charge in [-0.05, 0) is 38.8 Å². The molecule has 8 nitrogen and oxygen atoms in total. The van der Waals surface area contributed by atoms with E-state index in [4.69, 9.17) is 4.74 Å². The number of anilines is 1. The number of hydrogen-bond acceptors (Lipinski definition) is 7. The Hall–Kier alpha value is -2.30. The van der Waals surface area contributed by atoms with Crippen LogP contribution in [-0.4, -0.2) is 48.8 Å². The number of carbonyl (C=O) groups excluding carboxylic acids is 2. The van der Waals surface area contributed by atoms with Crippen molar-refractivity contribution >= 4 is 38.4 Å². The number of benzene rings is 1. The van der Waals surface area contributed by atoms with Crippen LogP contribution in [0, 0.1) is 13.8 Å². The van der Waals surface area contributed by atoms with Crippen molar-refractivity contribution in [2.45, 2.75) is 37.6 Å². The summed E-state index contributed by atoms with van der Waals surface area (Å²) in [5, 5.41) is 4.75. The first kappa shape index (κ1) is 20.4. The summed E-state index contributed by atoms with van der Waals surface area (Å²) in [6.07, 6.45) is 0.909. The molecule has 2 aromatic rings. The van der Waals surface area contributed by atoms with Crippen molar-refractivity contribution < 1.29 is 22.7 Å². The average Bonchev–Trinajstić information content (AvgIpc) is 3.29. The Morgan fingerprint density at radius 1 is 1.29 bits per heavy atom. The van der Waals surface area contributed by atoms with Crippen LogP contribution < -0.4 is 5.32 Å². The van der Waals surface area contributed by atoms with Gasteiger partial charge >= 0.3 is 5.97 Å². The zero-order valence-corrected chi connectivity index (χ0v) is 17.2. The number of thiazole rings is 1. The maximum atomic E-state index is 12.9. The van der Waals surface area contributed by atoms with Crippen molar-refractivity contribution in [1.29, 1.82) is 0 Å². The SMILES string of the molecule is Cc1ccc(S(=O)(=O)N2CCC[C@H]2C(=O)OCC(=O)Nc2nc(C)cs2)cc1. The largest absolute Gasteiger partial charge is 0.454 e. The van der Waals surface area contributed by atoms with E-state index in [1.165, 1.54) is 23.5 Å². The molecular weight excluding hydrogens is 402 g/mol. The number of esters is 1. The average molecular weight is 424 g/mol. The first-order valence-electron chi connectivity index (χ1n) is 8.74. The van der Waals surface area contributed by atoms with Crippen LogP contribution >= 0.6 is 11.3 Å². The summed E-state index contributed by atoms with van der Waals surface area (Å²) in [6.45, 7) is 3.41. The van der Waals surface area contributed by atoms with Gasteiger partial charge in [-0.25, -0.2) is 13.4 Å². The van der Waals surface area contributed by atoms with Crippen molar-refractivity contribution in [3.05, 3.63) is 40.9 Å². The maximum Gasteiger partial charge on any atom is 0.324 e. The molecule has 0 aliphatic carbocycles. The highest BCUT2D eigenvalue weighted by Gasteiger charge is 2.40. The Labute approximate surface area is 167 Å². The molecule has 1 saturated heterocycles. The molecule has 1 aliphatic heterocycles. The lowest BCUT2D eigenvalue weighted by Crippen LogP contribution is -2.42. The Morgan fingerprint density at radius 3 is 2.64 bits per heavy atom. The Balaban J connectivity index is 1.62. The fourth-order valence-electron chi connectivity index (χ4n) is 2.91. The van der Waals surface area contributed by atoms with Gasteiger partial charge in [0.2, 0.25) is 10.0 Å². The Kier molecular flexibility index (Phi) is 6.11. The second kappa shape index (κ2) is 8.38. The van der Waals surface area contributed by atoms with E-state index >= 15 is 0 Å². The highest BCUT2D eigenvalue weighted by molar-refractivity contribution is 7.89. The van der Waals surface area contributed by atoms with Crippen LogP contribution in [0.1, 0.15) is 24.1 Å². The molecule has 1 aromatic carbocycles. The number of rotatable bonds is 6. The number of nitrogens with one attached hydrogen (secondary N) is 1. The highest BCUT2D eigenvalue weighted by atomic mass is 32.2. The first-order chi connectivity index (χ1) is 13.3. The van der Waals surface area contributed by atoms with Crippen molar-refractivity contribution in [3.63, 3.8) is 0 Å². The second-order valence-electron chi connectivity index (χ2n) is 6.54. The van der Waals surface area contributed by atoms with Crippen LogP contribution in [0.2, 0.25) is 0 Å². The van der Waals surface area contributed by atoms with Gasteiger partial charge in [0, 0.05) is 11.9 Å². The molecule has 28 heavy (non-hydrogen) atoms. The van der Waals surface area contributed by atoms with E-state index in [-0.39, 0.29) is 11.4 Å². The van der Waals surface area contributed by atoms with Gasteiger partial charge in [-0.2, -0.15) is 4.31 Å². The maximum absolute atomic E-state index is 12.9. The van der Waals surface area contributed by atoms with Gasteiger partial charge in [0.1, 0.15) is 6.04 Å². The summed E-state index contributed by atoms with van der Waals surface area (Å²) in [5.41, 5.74) is 1.72. The molecule has 1 aromatic heterocycles. The predicted molar refractivity (Wildman–Crippen MR) is 105 cm³/mol.